The molecule has 342 valence electrons. The van der Waals surface area contributed by atoms with Gasteiger partial charge in [0.2, 0.25) is 0 Å². The van der Waals surface area contributed by atoms with Crippen molar-refractivity contribution in [3.8, 4) is 86.2 Å². The van der Waals surface area contributed by atoms with Gasteiger partial charge >= 0.3 is 29.8 Å². The molecule has 0 heterocycles. The van der Waals surface area contributed by atoms with Crippen LogP contribution < -0.4 is 0 Å². The van der Waals surface area contributed by atoms with Crippen molar-refractivity contribution in [1.82, 2.24) is 0 Å². The molecule has 0 aliphatic heterocycles. The number of rotatable bonds is 14. The van der Waals surface area contributed by atoms with Gasteiger partial charge in [0.05, 0.1) is 27.8 Å². The summed E-state index contributed by atoms with van der Waals surface area (Å²) in [4.78, 5) is 67.7. The molecular formula is C40H32O25. The molecule has 3 atom stereocenters. The van der Waals surface area contributed by atoms with Crippen molar-refractivity contribution in [2.24, 2.45) is 0 Å². The summed E-state index contributed by atoms with van der Waals surface area (Å²) in [6, 6.07) is 5.56. The molecule has 5 aromatic rings. The van der Waals surface area contributed by atoms with Gasteiger partial charge in [-0.3, -0.25) is 0 Å². The van der Waals surface area contributed by atoms with Gasteiger partial charge < -0.3 is 100 Å². The van der Waals surface area contributed by atoms with E-state index in [-0.39, 0.29) is 0 Å². The Morgan fingerprint density at radius 3 is 0.708 bits per heavy atom. The molecule has 25 nitrogen and oxygen atoms in total. The summed E-state index contributed by atoms with van der Waals surface area (Å²) >= 11 is 0. The summed E-state index contributed by atoms with van der Waals surface area (Å²) in [6.45, 7) is -2.79. The summed E-state index contributed by atoms with van der Waals surface area (Å²) in [7, 11) is 0. The van der Waals surface area contributed by atoms with Crippen LogP contribution in [0.5, 0.6) is 86.2 Å². The maximum absolute atomic E-state index is 13.8. The number of ether oxygens (including phenoxy) is 5. The maximum atomic E-state index is 13.8. The lowest BCUT2D eigenvalue weighted by Crippen LogP contribution is -2.50. The highest BCUT2D eigenvalue weighted by Gasteiger charge is 2.42. The van der Waals surface area contributed by atoms with Crippen molar-refractivity contribution in [1.29, 1.82) is 0 Å². The Bertz CT molecular complexity index is 2460. The third-order valence-corrected chi connectivity index (χ3v) is 8.78. The van der Waals surface area contributed by atoms with E-state index < -0.39 is 175 Å². The Morgan fingerprint density at radius 1 is 0.308 bits per heavy atom. The van der Waals surface area contributed by atoms with Crippen molar-refractivity contribution in [3.05, 3.63) is 88.5 Å². The molecule has 0 amide bonds. The highest BCUT2D eigenvalue weighted by molar-refractivity contribution is 5.94. The van der Waals surface area contributed by atoms with Gasteiger partial charge in [-0.05, 0) is 60.7 Å². The minimum atomic E-state index is -2.56. The van der Waals surface area contributed by atoms with Crippen LogP contribution in [0.25, 0.3) is 0 Å². The molecule has 0 aliphatic rings. The molecule has 0 aromatic heterocycles. The summed E-state index contributed by atoms with van der Waals surface area (Å²) < 4.78 is 26.8. The summed E-state index contributed by atoms with van der Waals surface area (Å²) in [5.74, 6) is -24.4. The minimum Gasteiger partial charge on any atom is -0.504 e. The lowest BCUT2D eigenvalue weighted by molar-refractivity contribution is -0.112. The molecule has 5 aromatic carbocycles. The van der Waals surface area contributed by atoms with Crippen molar-refractivity contribution in [2.75, 3.05) is 13.2 Å². The average molecular weight is 913 g/mol. The fourth-order valence-corrected chi connectivity index (χ4v) is 5.48. The van der Waals surface area contributed by atoms with Gasteiger partial charge in [0.15, 0.2) is 105 Å². The lowest BCUT2D eigenvalue weighted by atomic mass is 10.1. The van der Waals surface area contributed by atoms with Gasteiger partial charge in [-0.25, -0.2) is 24.0 Å². The number of benzene rings is 5. The monoisotopic (exact) mass is 912 g/mol. The number of phenols is 15. The minimum absolute atomic E-state index is 0.522. The molecule has 0 saturated carbocycles. The first-order valence-corrected chi connectivity index (χ1v) is 17.7. The molecule has 0 fully saturated rings. The number of carbonyl (C=O) groups excluding carboxylic acids is 5. The highest BCUT2D eigenvalue weighted by atomic mass is 16.6. The Balaban J connectivity index is 1.68. The zero-order chi connectivity index (χ0) is 48.2. The summed E-state index contributed by atoms with van der Waals surface area (Å²) in [6.07, 6.45) is -7.44. The summed E-state index contributed by atoms with van der Waals surface area (Å²) in [5.41, 5.74) is -3.85. The van der Waals surface area contributed by atoms with E-state index in [0.717, 1.165) is 0 Å². The van der Waals surface area contributed by atoms with Crippen LogP contribution in [0.3, 0.4) is 0 Å². The highest BCUT2D eigenvalue weighted by Crippen LogP contribution is 2.40. The molecule has 0 radical (unpaired) electrons. The summed E-state index contributed by atoms with van der Waals surface area (Å²) in [5, 5.41) is 150. The number of hydrogen-bond acceptors (Lipinski definition) is 25. The Labute approximate surface area is 360 Å². The zero-order valence-corrected chi connectivity index (χ0v) is 32.2. The molecule has 0 spiro atoms. The quantitative estimate of drug-likeness (QED) is 0.0430. The fourth-order valence-electron chi connectivity index (χ4n) is 5.48. The van der Waals surface area contributed by atoms with Gasteiger partial charge in [0.1, 0.15) is 13.2 Å². The Hall–Kier alpha value is -9.55. The molecule has 25 heteroatoms. The van der Waals surface area contributed by atoms with Crippen molar-refractivity contribution < 1.29 is 124 Å². The third-order valence-electron chi connectivity index (χ3n) is 8.78. The number of carbonyl (C=O) groups is 5. The van der Waals surface area contributed by atoms with E-state index in [4.69, 9.17) is 23.7 Å². The van der Waals surface area contributed by atoms with Crippen molar-refractivity contribution in [3.63, 3.8) is 0 Å². The third kappa shape index (κ3) is 10.3. The van der Waals surface area contributed by atoms with E-state index in [1.165, 1.54) is 0 Å². The van der Waals surface area contributed by atoms with Gasteiger partial charge in [-0.2, -0.15) is 0 Å². The van der Waals surface area contributed by atoms with Crippen LogP contribution in [-0.4, -0.2) is 138 Å². The molecule has 0 aliphatic carbocycles. The first-order chi connectivity index (χ1) is 30.5. The number of esters is 5. The molecule has 0 bridgehead atoms. The second-order valence-corrected chi connectivity index (χ2v) is 13.3. The fraction of sp³-hybridized carbons (Fsp3) is 0.125. The van der Waals surface area contributed by atoms with Gasteiger partial charge in [0, 0.05) is 0 Å². The van der Waals surface area contributed by atoms with Crippen molar-refractivity contribution >= 4 is 29.8 Å². The largest absolute Gasteiger partial charge is 0.504 e. The molecule has 0 saturated heterocycles. The maximum Gasteiger partial charge on any atom is 0.338 e. The van der Waals surface area contributed by atoms with E-state index in [9.17, 15) is 101 Å². The van der Waals surface area contributed by atoms with Gasteiger partial charge in [-0.1, -0.05) is 0 Å². The first-order valence-electron chi connectivity index (χ1n) is 17.7. The van der Waals surface area contributed by atoms with E-state index in [0.29, 0.717) is 60.7 Å². The topological polar surface area (TPSA) is 435 Å². The van der Waals surface area contributed by atoms with Crippen LogP contribution in [0.2, 0.25) is 0 Å². The van der Waals surface area contributed by atoms with Crippen LogP contribution in [0, 0.1) is 0 Å². The van der Waals surface area contributed by atoms with Crippen LogP contribution in [-0.2, 0) is 23.7 Å². The van der Waals surface area contributed by atoms with E-state index >= 15 is 0 Å². The van der Waals surface area contributed by atoms with Crippen LogP contribution in [0.1, 0.15) is 51.8 Å². The number of phenolic OH excluding ortho intramolecular Hbond substituents is 15. The molecule has 15 N–H and O–H groups in total. The van der Waals surface area contributed by atoms with Gasteiger partial charge in [-0.15, -0.1) is 0 Å². The molecule has 1 unspecified atom stereocenters. The van der Waals surface area contributed by atoms with Crippen LogP contribution in [0.4, 0.5) is 0 Å². The number of hydrogen-bond donors (Lipinski definition) is 15. The predicted octanol–water partition coefficient (Wildman–Crippen LogP) is 1.96. The molecular weight excluding hydrogens is 880 g/mol. The Kier molecular flexibility index (Phi) is 13.3. The Morgan fingerprint density at radius 2 is 0.492 bits per heavy atom. The first kappa shape index (κ1) is 46.5. The smallest absolute Gasteiger partial charge is 0.338 e. The molecule has 65 heavy (non-hydrogen) atoms. The van der Waals surface area contributed by atoms with E-state index in [2.05, 4.69) is 0 Å². The van der Waals surface area contributed by atoms with E-state index in [1.54, 1.807) is 0 Å². The van der Waals surface area contributed by atoms with Crippen molar-refractivity contribution in [2.45, 2.75) is 18.3 Å². The SMILES string of the molecule is O=C(OC[C@H](OC(=O)c1cc(O)c(O)c(O)c1)C(OC(=O)c1cc(O)c(O)c(O)c1)[C@@H](COC(=O)c1cc(O)c(O)c(O)c1)OC(=O)c1cc(O)c(O)c(O)c1)c1cc(O)c(O)c(O)c1. The second kappa shape index (κ2) is 18.6. The average Bonchev–Trinajstić information content (AvgIpc) is 3.25. The lowest BCUT2D eigenvalue weighted by Gasteiger charge is -2.32. The second-order valence-electron chi connectivity index (χ2n) is 13.3. The van der Waals surface area contributed by atoms with E-state index in [1.807, 2.05) is 0 Å². The molecule has 5 rings (SSSR count). The predicted molar refractivity (Wildman–Crippen MR) is 205 cm³/mol. The standard InChI is InChI=1S/C40H32O25/c41-18-1-13(2-19(42)30(18)51)36(56)61-11-28(63-38(58)15-5-22(45)32(53)23(46)6-15)35(65-40(60)17-9-26(49)34(55)27(50)10-17)29(64-39(59)16-7-24(47)33(54)25(48)8-16)12-62-37(57)14-3-20(43)31(52)21(44)4-14/h1-10,28-29,35,41-55H,11-12H2/t28-,29+,35?. The van der Waals surface area contributed by atoms with Crippen LogP contribution >= 0.6 is 0 Å². The number of aromatic hydroxyl groups is 15. The van der Waals surface area contributed by atoms with Gasteiger partial charge in [0.25, 0.3) is 0 Å². The normalized spacial score (nSPS) is 12.2. The van der Waals surface area contributed by atoms with Crippen LogP contribution in [0.15, 0.2) is 60.7 Å². The zero-order valence-electron chi connectivity index (χ0n) is 32.2.